The van der Waals surface area contributed by atoms with E-state index in [1.165, 1.54) is 0 Å². The lowest BCUT2D eigenvalue weighted by Crippen LogP contribution is -2.34. The van der Waals surface area contributed by atoms with Crippen molar-refractivity contribution in [3.05, 3.63) is 35.6 Å². The van der Waals surface area contributed by atoms with Crippen molar-refractivity contribution in [2.75, 3.05) is 20.5 Å². The van der Waals surface area contributed by atoms with E-state index in [0.717, 1.165) is 36.3 Å². The highest BCUT2D eigenvalue weighted by Crippen LogP contribution is 2.46. The van der Waals surface area contributed by atoms with Crippen LogP contribution in [0.25, 0.3) is 0 Å². The molecule has 0 spiro atoms. The number of carbonyl (C=O) groups is 1. The van der Waals surface area contributed by atoms with Crippen LogP contribution in [-0.2, 0) is 14.3 Å². The van der Waals surface area contributed by atoms with Crippen LogP contribution in [0.1, 0.15) is 44.1 Å². The number of allylic oxidation sites excluding steroid dienone is 2. The standard InChI is InChI=1S/C19H24O5/c1-3-4-9-22-13-6-8-18-16(10-13)15-7-5-14(23-12-21-2)11-17(15)19(20)24-18/h5-6,8,10,15,17H,3-4,7,9,11-12H2,1-2H3/t15-,17+/m1/s1. The molecule has 3 rings (SSSR count). The van der Waals surface area contributed by atoms with Crippen molar-refractivity contribution >= 4 is 5.97 Å². The van der Waals surface area contributed by atoms with Crippen molar-refractivity contribution in [2.45, 2.75) is 38.5 Å². The van der Waals surface area contributed by atoms with Gasteiger partial charge in [-0.3, -0.25) is 4.79 Å². The molecule has 0 radical (unpaired) electrons. The van der Waals surface area contributed by atoms with E-state index in [4.69, 9.17) is 18.9 Å². The van der Waals surface area contributed by atoms with Crippen LogP contribution in [0.5, 0.6) is 11.5 Å². The van der Waals surface area contributed by atoms with Gasteiger partial charge in [-0.05, 0) is 37.1 Å². The van der Waals surface area contributed by atoms with Crippen LogP contribution < -0.4 is 9.47 Å². The van der Waals surface area contributed by atoms with Gasteiger partial charge >= 0.3 is 5.97 Å². The van der Waals surface area contributed by atoms with Gasteiger partial charge in [0.25, 0.3) is 0 Å². The van der Waals surface area contributed by atoms with E-state index < -0.39 is 0 Å². The highest BCUT2D eigenvalue weighted by molar-refractivity contribution is 5.80. The molecule has 1 aliphatic heterocycles. The molecule has 2 atom stereocenters. The van der Waals surface area contributed by atoms with Gasteiger partial charge in [0.05, 0.1) is 18.3 Å². The van der Waals surface area contributed by atoms with Gasteiger partial charge in [0.1, 0.15) is 11.5 Å². The number of esters is 1. The minimum atomic E-state index is -0.208. The average Bonchev–Trinajstić information content (AvgIpc) is 2.61. The molecule has 1 aromatic carbocycles. The molecule has 130 valence electrons. The summed E-state index contributed by atoms with van der Waals surface area (Å²) in [5.41, 5.74) is 1.05. The van der Waals surface area contributed by atoms with E-state index in [0.29, 0.717) is 18.8 Å². The summed E-state index contributed by atoms with van der Waals surface area (Å²) in [6.07, 6.45) is 5.48. The molecular weight excluding hydrogens is 308 g/mol. The van der Waals surface area contributed by atoms with E-state index in [1.54, 1.807) is 7.11 Å². The number of hydrogen-bond donors (Lipinski definition) is 0. The third kappa shape index (κ3) is 3.56. The van der Waals surface area contributed by atoms with Gasteiger partial charge in [-0.2, -0.15) is 0 Å². The van der Waals surface area contributed by atoms with E-state index >= 15 is 0 Å². The zero-order valence-electron chi connectivity index (χ0n) is 14.2. The van der Waals surface area contributed by atoms with Crippen LogP contribution in [0.4, 0.5) is 0 Å². The SMILES string of the molecule is CCCCOc1ccc2c(c1)[C@H]1CC=C(OCOC)C[C@@H]1C(=O)O2. The topological polar surface area (TPSA) is 54.0 Å². The summed E-state index contributed by atoms with van der Waals surface area (Å²) in [7, 11) is 1.58. The van der Waals surface area contributed by atoms with Crippen LogP contribution in [0.15, 0.2) is 30.0 Å². The third-order valence-electron chi connectivity index (χ3n) is 4.53. The Labute approximate surface area is 142 Å². The van der Waals surface area contributed by atoms with Gasteiger partial charge in [-0.15, -0.1) is 0 Å². The van der Waals surface area contributed by atoms with Crippen molar-refractivity contribution in [3.63, 3.8) is 0 Å². The van der Waals surface area contributed by atoms with Gasteiger partial charge in [0, 0.05) is 25.0 Å². The second kappa shape index (κ2) is 7.71. The van der Waals surface area contributed by atoms with E-state index in [2.05, 4.69) is 6.92 Å². The molecule has 0 amide bonds. The van der Waals surface area contributed by atoms with Crippen molar-refractivity contribution in [1.29, 1.82) is 0 Å². The molecular formula is C19H24O5. The lowest BCUT2D eigenvalue weighted by Gasteiger charge is -2.34. The monoisotopic (exact) mass is 332 g/mol. The number of hydrogen-bond acceptors (Lipinski definition) is 5. The molecule has 0 bridgehead atoms. The molecule has 2 aliphatic rings. The van der Waals surface area contributed by atoms with E-state index in [1.807, 2.05) is 24.3 Å². The largest absolute Gasteiger partial charge is 0.494 e. The zero-order chi connectivity index (χ0) is 16.9. The summed E-state index contributed by atoms with van der Waals surface area (Å²) in [4.78, 5) is 12.3. The molecule has 1 aromatic rings. The molecule has 1 aliphatic carbocycles. The molecule has 1 heterocycles. The molecule has 0 aromatic heterocycles. The molecule has 5 heteroatoms. The maximum atomic E-state index is 12.3. The maximum Gasteiger partial charge on any atom is 0.315 e. The Kier molecular flexibility index (Phi) is 5.41. The number of fused-ring (bicyclic) bond motifs is 3. The summed E-state index contributed by atoms with van der Waals surface area (Å²) in [5, 5.41) is 0. The summed E-state index contributed by atoms with van der Waals surface area (Å²) in [6.45, 7) is 3.04. The second-order valence-corrected chi connectivity index (χ2v) is 6.20. The van der Waals surface area contributed by atoms with Gasteiger partial charge in [-0.25, -0.2) is 0 Å². The average molecular weight is 332 g/mol. The Morgan fingerprint density at radius 2 is 2.12 bits per heavy atom. The van der Waals surface area contributed by atoms with Gasteiger partial charge in [0.15, 0.2) is 6.79 Å². The smallest absolute Gasteiger partial charge is 0.315 e. The fourth-order valence-electron chi connectivity index (χ4n) is 3.23. The molecule has 0 saturated carbocycles. The fourth-order valence-corrected chi connectivity index (χ4v) is 3.23. The van der Waals surface area contributed by atoms with E-state index in [9.17, 15) is 4.79 Å². The first-order chi connectivity index (χ1) is 11.7. The highest BCUT2D eigenvalue weighted by Gasteiger charge is 2.40. The van der Waals surface area contributed by atoms with Crippen molar-refractivity contribution in [1.82, 2.24) is 0 Å². The summed E-state index contributed by atoms with van der Waals surface area (Å²) in [5.74, 6) is 2.02. The fraction of sp³-hybridized carbons (Fsp3) is 0.526. The summed E-state index contributed by atoms with van der Waals surface area (Å²) in [6, 6.07) is 5.73. The summed E-state index contributed by atoms with van der Waals surface area (Å²) < 4.78 is 21.8. The van der Waals surface area contributed by atoms with Crippen LogP contribution in [-0.4, -0.2) is 26.5 Å². The number of rotatable bonds is 7. The minimum absolute atomic E-state index is 0.117. The predicted octanol–water partition coefficient (Wildman–Crippen LogP) is 3.78. The second-order valence-electron chi connectivity index (χ2n) is 6.20. The lowest BCUT2D eigenvalue weighted by atomic mass is 9.76. The maximum absolute atomic E-state index is 12.3. The first kappa shape index (κ1) is 16.8. The Morgan fingerprint density at radius 1 is 1.25 bits per heavy atom. The molecule has 0 N–H and O–H groups in total. The Bertz CT molecular complexity index is 622. The first-order valence-electron chi connectivity index (χ1n) is 8.52. The lowest BCUT2D eigenvalue weighted by molar-refractivity contribution is -0.142. The molecule has 5 nitrogen and oxygen atoms in total. The predicted molar refractivity (Wildman–Crippen MR) is 89.0 cm³/mol. The molecule has 0 saturated heterocycles. The normalized spacial score (nSPS) is 22.1. The Hall–Kier alpha value is -2.01. The van der Waals surface area contributed by atoms with Crippen LogP contribution in [0, 0.1) is 5.92 Å². The van der Waals surface area contributed by atoms with Crippen LogP contribution in [0.2, 0.25) is 0 Å². The third-order valence-corrected chi connectivity index (χ3v) is 4.53. The van der Waals surface area contributed by atoms with Gasteiger partial charge < -0.3 is 18.9 Å². The van der Waals surface area contributed by atoms with Gasteiger partial charge in [0.2, 0.25) is 0 Å². The zero-order valence-corrected chi connectivity index (χ0v) is 14.2. The number of ether oxygens (including phenoxy) is 4. The van der Waals surface area contributed by atoms with Crippen LogP contribution >= 0.6 is 0 Å². The van der Waals surface area contributed by atoms with Gasteiger partial charge in [-0.1, -0.05) is 13.3 Å². The number of methoxy groups -OCH3 is 1. The van der Waals surface area contributed by atoms with Crippen molar-refractivity contribution < 1.29 is 23.7 Å². The Balaban J connectivity index is 1.79. The molecule has 24 heavy (non-hydrogen) atoms. The number of benzene rings is 1. The van der Waals surface area contributed by atoms with E-state index in [-0.39, 0.29) is 24.6 Å². The Morgan fingerprint density at radius 3 is 2.92 bits per heavy atom. The molecule has 0 fully saturated rings. The quantitative estimate of drug-likeness (QED) is 0.329. The van der Waals surface area contributed by atoms with Crippen molar-refractivity contribution in [3.8, 4) is 11.5 Å². The molecule has 0 unspecified atom stereocenters. The highest BCUT2D eigenvalue weighted by atomic mass is 16.7. The van der Waals surface area contributed by atoms with Crippen LogP contribution in [0.3, 0.4) is 0 Å². The first-order valence-corrected chi connectivity index (χ1v) is 8.52. The minimum Gasteiger partial charge on any atom is -0.494 e. The van der Waals surface area contributed by atoms with Crippen molar-refractivity contribution in [2.24, 2.45) is 5.92 Å². The number of unbranched alkanes of at least 4 members (excludes halogenated alkanes) is 1. The summed E-state index contributed by atoms with van der Waals surface area (Å²) >= 11 is 0. The number of carbonyl (C=O) groups excluding carboxylic acids is 1.